The van der Waals surface area contributed by atoms with Crippen molar-refractivity contribution in [2.75, 3.05) is 13.1 Å². The van der Waals surface area contributed by atoms with Crippen LogP contribution >= 0.6 is 0 Å². The fourth-order valence-electron chi connectivity index (χ4n) is 1.83. The number of hydrogen-bond donors (Lipinski definition) is 3. The summed E-state index contributed by atoms with van der Waals surface area (Å²) < 4.78 is 0. The van der Waals surface area contributed by atoms with E-state index in [0.29, 0.717) is 12.5 Å². The molecule has 4 heteroatoms. The molecule has 0 saturated heterocycles. The molecule has 1 fully saturated rings. The van der Waals surface area contributed by atoms with Gasteiger partial charge in [-0.05, 0) is 31.7 Å². The van der Waals surface area contributed by atoms with Gasteiger partial charge in [-0.3, -0.25) is 4.79 Å². The van der Waals surface area contributed by atoms with Gasteiger partial charge in [0.1, 0.15) is 0 Å². The largest absolute Gasteiger partial charge is 0.481 e. The van der Waals surface area contributed by atoms with E-state index in [9.17, 15) is 9.90 Å². The average Bonchev–Trinajstić information content (AvgIpc) is 2.51. The fraction of sp³-hybridized carbons (Fsp3) is 0.900. The van der Waals surface area contributed by atoms with Crippen LogP contribution in [0.1, 0.15) is 26.2 Å². The lowest BCUT2D eigenvalue weighted by atomic mass is 10.1. The second-order valence-corrected chi connectivity index (χ2v) is 4.23. The number of hydrogen-bond acceptors (Lipinski definition) is 3. The second kappa shape index (κ2) is 5.32. The van der Waals surface area contributed by atoms with Crippen LogP contribution in [-0.2, 0) is 4.79 Å². The Balaban J connectivity index is 2.07. The number of aliphatic hydroxyl groups is 1. The maximum Gasteiger partial charge on any atom is 0.307 e. The van der Waals surface area contributed by atoms with E-state index in [1.54, 1.807) is 6.92 Å². The molecule has 1 saturated carbocycles. The zero-order valence-corrected chi connectivity index (χ0v) is 8.57. The Morgan fingerprint density at radius 2 is 2.29 bits per heavy atom. The summed E-state index contributed by atoms with van der Waals surface area (Å²) in [4.78, 5) is 10.5. The van der Waals surface area contributed by atoms with Gasteiger partial charge in [0.25, 0.3) is 0 Å². The van der Waals surface area contributed by atoms with Crippen molar-refractivity contribution < 1.29 is 15.0 Å². The second-order valence-electron chi connectivity index (χ2n) is 4.23. The molecule has 1 aliphatic rings. The van der Waals surface area contributed by atoms with Crippen LogP contribution in [0.3, 0.4) is 0 Å². The number of aliphatic hydroxyl groups excluding tert-OH is 1. The molecule has 14 heavy (non-hydrogen) atoms. The van der Waals surface area contributed by atoms with Crippen molar-refractivity contribution in [3.05, 3.63) is 0 Å². The van der Waals surface area contributed by atoms with Crippen molar-refractivity contribution in [1.29, 1.82) is 0 Å². The quantitative estimate of drug-likeness (QED) is 0.604. The molecule has 0 heterocycles. The predicted molar refractivity (Wildman–Crippen MR) is 53.0 cm³/mol. The Labute approximate surface area is 84.3 Å². The third-order valence-electron chi connectivity index (χ3n) is 2.82. The van der Waals surface area contributed by atoms with Gasteiger partial charge >= 0.3 is 5.97 Å². The number of carboxylic acid groups (broad SMARTS) is 1. The van der Waals surface area contributed by atoms with E-state index in [2.05, 4.69) is 5.32 Å². The first-order valence-electron chi connectivity index (χ1n) is 5.21. The SMILES string of the molecule is CC(CNCC1CCC(O)C1)C(=O)O. The maximum atomic E-state index is 10.5. The third kappa shape index (κ3) is 3.64. The van der Waals surface area contributed by atoms with Crippen LogP contribution in [0.5, 0.6) is 0 Å². The normalized spacial score (nSPS) is 29.0. The summed E-state index contributed by atoms with van der Waals surface area (Å²) in [6, 6.07) is 0. The number of aliphatic carboxylic acids is 1. The van der Waals surface area contributed by atoms with Crippen molar-refractivity contribution in [2.45, 2.75) is 32.3 Å². The van der Waals surface area contributed by atoms with Crippen molar-refractivity contribution in [3.63, 3.8) is 0 Å². The molecule has 82 valence electrons. The van der Waals surface area contributed by atoms with Crippen LogP contribution < -0.4 is 5.32 Å². The van der Waals surface area contributed by atoms with E-state index in [1.165, 1.54) is 0 Å². The summed E-state index contributed by atoms with van der Waals surface area (Å²) >= 11 is 0. The molecule has 0 amide bonds. The molecule has 0 aliphatic heterocycles. The summed E-state index contributed by atoms with van der Waals surface area (Å²) in [5.41, 5.74) is 0. The highest BCUT2D eigenvalue weighted by atomic mass is 16.4. The Bertz CT molecular complexity index is 196. The molecule has 1 rings (SSSR count). The minimum Gasteiger partial charge on any atom is -0.481 e. The van der Waals surface area contributed by atoms with E-state index in [-0.39, 0.29) is 12.0 Å². The van der Waals surface area contributed by atoms with Crippen LogP contribution in [-0.4, -0.2) is 35.4 Å². The molecular formula is C10H19NO3. The van der Waals surface area contributed by atoms with Crippen LogP contribution in [0.15, 0.2) is 0 Å². The van der Waals surface area contributed by atoms with Gasteiger partial charge in [-0.15, -0.1) is 0 Å². The Hall–Kier alpha value is -0.610. The number of carbonyl (C=O) groups is 1. The molecule has 3 N–H and O–H groups in total. The summed E-state index contributed by atoms with van der Waals surface area (Å²) in [5, 5.41) is 21.0. The van der Waals surface area contributed by atoms with Crippen LogP contribution in [0.2, 0.25) is 0 Å². The summed E-state index contributed by atoms with van der Waals surface area (Å²) in [6.45, 7) is 3.04. The molecule has 0 aromatic rings. The zero-order valence-electron chi connectivity index (χ0n) is 8.57. The molecule has 3 unspecified atom stereocenters. The van der Waals surface area contributed by atoms with Crippen molar-refractivity contribution in [1.82, 2.24) is 5.32 Å². The molecule has 3 atom stereocenters. The lowest BCUT2D eigenvalue weighted by molar-refractivity contribution is -0.140. The standard InChI is InChI=1S/C10H19NO3/c1-7(10(13)14)5-11-6-8-2-3-9(12)4-8/h7-9,11-12H,2-6H2,1H3,(H,13,14). The smallest absolute Gasteiger partial charge is 0.307 e. The van der Waals surface area contributed by atoms with Gasteiger partial charge in [-0.2, -0.15) is 0 Å². The van der Waals surface area contributed by atoms with Gasteiger partial charge in [0.2, 0.25) is 0 Å². The van der Waals surface area contributed by atoms with Crippen molar-refractivity contribution in [2.24, 2.45) is 11.8 Å². The first-order valence-corrected chi connectivity index (χ1v) is 5.21. The van der Waals surface area contributed by atoms with Gasteiger partial charge in [-0.25, -0.2) is 0 Å². The average molecular weight is 201 g/mol. The molecular weight excluding hydrogens is 182 g/mol. The maximum absolute atomic E-state index is 10.5. The highest BCUT2D eigenvalue weighted by Gasteiger charge is 2.22. The van der Waals surface area contributed by atoms with Gasteiger partial charge in [0.15, 0.2) is 0 Å². The predicted octanol–water partition coefficient (Wildman–Crippen LogP) is 0.458. The zero-order chi connectivity index (χ0) is 10.6. The Morgan fingerprint density at radius 3 is 2.79 bits per heavy atom. The molecule has 0 aromatic carbocycles. The Morgan fingerprint density at radius 1 is 1.57 bits per heavy atom. The number of rotatable bonds is 5. The van der Waals surface area contributed by atoms with E-state index >= 15 is 0 Å². The topological polar surface area (TPSA) is 69.6 Å². The summed E-state index contributed by atoms with van der Waals surface area (Å²) in [7, 11) is 0. The van der Waals surface area contributed by atoms with Crippen molar-refractivity contribution in [3.8, 4) is 0 Å². The number of carboxylic acids is 1. The van der Waals surface area contributed by atoms with Crippen LogP contribution in [0, 0.1) is 11.8 Å². The molecule has 0 aromatic heterocycles. The monoisotopic (exact) mass is 201 g/mol. The third-order valence-corrected chi connectivity index (χ3v) is 2.82. The van der Waals surface area contributed by atoms with Crippen LogP contribution in [0.25, 0.3) is 0 Å². The van der Waals surface area contributed by atoms with Crippen molar-refractivity contribution >= 4 is 5.97 Å². The van der Waals surface area contributed by atoms with E-state index < -0.39 is 5.97 Å². The van der Waals surface area contributed by atoms with Gasteiger partial charge in [0.05, 0.1) is 12.0 Å². The summed E-state index contributed by atoms with van der Waals surface area (Å²) in [6.07, 6.45) is 2.66. The summed E-state index contributed by atoms with van der Waals surface area (Å²) in [5.74, 6) is -0.573. The first-order chi connectivity index (χ1) is 6.59. The lowest BCUT2D eigenvalue weighted by Crippen LogP contribution is -2.29. The minimum absolute atomic E-state index is 0.140. The minimum atomic E-state index is -0.760. The fourth-order valence-corrected chi connectivity index (χ4v) is 1.83. The molecule has 0 spiro atoms. The van der Waals surface area contributed by atoms with E-state index in [1.807, 2.05) is 0 Å². The molecule has 0 bridgehead atoms. The molecule has 4 nitrogen and oxygen atoms in total. The molecule has 1 aliphatic carbocycles. The van der Waals surface area contributed by atoms with Crippen LogP contribution in [0.4, 0.5) is 0 Å². The molecule has 0 radical (unpaired) electrons. The lowest BCUT2D eigenvalue weighted by Gasteiger charge is -2.12. The van der Waals surface area contributed by atoms with E-state index in [0.717, 1.165) is 25.8 Å². The van der Waals surface area contributed by atoms with Gasteiger partial charge in [-0.1, -0.05) is 6.92 Å². The Kier molecular flexibility index (Phi) is 4.35. The van der Waals surface area contributed by atoms with Gasteiger partial charge < -0.3 is 15.5 Å². The highest BCUT2D eigenvalue weighted by molar-refractivity contribution is 5.69. The number of nitrogens with one attached hydrogen (secondary N) is 1. The first kappa shape index (κ1) is 11.5. The highest BCUT2D eigenvalue weighted by Crippen LogP contribution is 2.24. The van der Waals surface area contributed by atoms with Gasteiger partial charge in [0, 0.05) is 6.54 Å². The van der Waals surface area contributed by atoms with E-state index in [4.69, 9.17) is 5.11 Å².